The van der Waals surface area contributed by atoms with Crippen molar-refractivity contribution in [3.8, 4) is 0 Å². The molecule has 4 rings (SSSR count). The molecule has 2 aliphatic rings. The van der Waals surface area contributed by atoms with Gasteiger partial charge in [0.05, 0.1) is 0 Å². The minimum absolute atomic E-state index is 0.737. The number of fused-ring (bicyclic) bond motifs is 2. The van der Waals surface area contributed by atoms with Crippen molar-refractivity contribution in [2.24, 2.45) is 11.8 Å². The lowest BCUT2D eigenvalue weighted by Gasteiger charge is -2.13. The van der Waals surface area contributed by atoms with E-state index in [1.54, 1.807) is 0 Å². The highest BCUT2D eigenvalue weighted by Gasteiger charge is 2.37. The van der Waals surface area contributed by atoms with Crippen LogP contribution in [0, 0.1) is 11.8 Å². The van der Waals surface area contributed by atoms with E-state index in [2.05, 4.69) is 9.88 Å². The van der Waals surface area contributed by atoms with Crippen molar-refractivity contribution in [1.82, 2.24) is 4.98 Å². The Hall–Kier alpha value is -1.71. The predicted molar refractivity (Wildman–Crippen MR) is 71.5 cm³/mol. The van der Waals surface area contributed by atoms with E-state index >= 15 is 0 Å². The Balaban J connectivity index is 1.67. The van der Waals surface area contributed by atoms with E-state index in [-0.39, 0.29) is 0 Å². The van der Waals surface area contributed by atoms with Gasteiger partial charge >= 0.3 is 0 Å². The van der Waals surface area contributed by atoms with Gasteiger partial charge in [-0.05, 0) is 42.9 Å². The topological polar surface area (TPSA) is 55.3 Å². The van der Waals surface area contributed by atoms with Gasteiger partial charge in [0.15, 0.2) is 5.58 Å². The van der Waals surface area contributed by atoms with Crippen molar-refractivity contribution in [2.75, 3.05) is 23.7 Å². The Morgan fingerprint density at radius 2 is 2.00 bits per heavy atom. The van der Waals surface area contributed by atoms with Crippen molar-refractivity contribution in [1.29, 1.82) is 0 Å². The van der Waals surface area contributed by atoms with E-state index in [9.17, 15) is 0 Å². The SMILES string of the molecule is Nc1ccc2oc(N3CC4CCCC4C3)nc2c1. The molecular weight excluding hydrogens is 226 g/mol. The second-order valence-corrected chi connectivity index (χ2v) is 5.58. The van der Waals surface area contributed by atoms with E-state index in [1.807, 2.05) is 18.2 Å². The summed E-state index contributed by atoms with van der Waals surface area (Å²) in [6.07, 6.45) is 4.13. The Morgan fingerprint density at radius 1 is 1.22 bits per heavy atom. The monoisotopic (exact) mass is 243 g/mol. The van der Waals surface area contributed by atoms with Crippen LogP contribution in [0.5, 0.6) is 0 Å². The first-order chi connectivity index (χ1) is 8.79. The molecule has 2 atom stereocenters. The van der Waals surface area contributed by atoms with Crippen LogP contribution in [0.2, 0.25) is 0 Å². The van der Waals surface area contributed by atoms with Gasteiger partial charge < -0.3 is 15.1 Å². The number of oxazole rings is 1. The zero-order chi connectivity index (χ0) is 12.1. The van der Waals surface area contributed by atoms with Gasteiger partial charge in [-0.3, -0.25) is 0 Å². The maximum Gasteiger partial charge on any atom is 0.298 e. The average molecular weight is 243 g/mol. The summed E-state index contributed by atoms with van der Waals surface area (Å²) >= 11 is 0. The van der Waals surface area contributed by atoms with E-state index in [4.69, 9.17) is 10.2 Å². The standard InChI is InChI=1S/C14H17N3O/c15-11-4-5-13-12(6-11)16-14(18-13)17-7-9-2-1-3-10(9)8-17/h4-6,9-10H,1-3,7-8,15H2. The molecule has 2 fully saturated rings. The minimum Gasteiger partial charge on any atom is -0.423 e. The summed E-state index contributed by atoms with van der Waals surface area (Å²) in [5.74, 6) is 1.70. The first-order valence-electron chi connectivity index (χ1n) is 6.70. The predicted octanol–water partition coefficient (Wildman–Crippen LogP) is 2.65. The van der Waals surface area contributed by atoms with Gasteiger partial charge in [0.1, 0.15) is 5.52 Å². The zero-order valence-corrected chi connectivity index (χ0v) is 10.3. The second kappa shape index (κ2) is 3.64. The van der Waals surface area contributed by atoms with Crippen molar-refractivity contribution in [2.45, 2.75) is 19.3 Å². The normalized spacial score (nSPS) is 27.0. The molecule has 4 nitrogen and oxygen atoms in total. The average Bonchev–Trinajstić information content (AvgIpc) is 2.99. The molecule has 2 aromatic rings. The number of hydrogen-bond donors (Lipinski definition) is 1. The van der Waals surface area contributed by atoms with Crippen LogP contribution in [0.25, 0.3) is 11.1 Å². The summed E-state index contributed by atoms with van der Waals surface area (Å²) in [7, 11) is 0. The number of aromatic nitrogens is 1. The highest BCUT2D eigenvalue weighted by molar-refractivity contribution is 5.78. The van der Waals surface area contributed by atoms with Crippen molar-refractivity contribution >= 4 is 22.8 Å². The maximum atomic E-state index is 5.83. The van der Waals surface area contributed by atoms with Gasteiger partial charge in [0.25, 0.3) is 6.01 Å². The Morgan fingerprint density at radius 3 is 2.78 bits per heavy atom. The van der Waals surface area contributed by atoms with Gasteiger partial charge in [-0.15, -0.1) is 0 Å². The molecule has 0 bridgehead atoms. The van der Waals surface area contributed by atoms with E-state index in [0.717, 1.165) is 47.7 Å². The summed E-state index contributed by atoms with van der Waals surface area (Å²) in [6, 6.07) is 6.40. The van der Waals surface area contributed by atoms with Crippen LogP contribution < -0.4 is 10.6 Å². The third-order valence-electron chi connectivity index (χ3n) is 4.40. The van der Waals surface area contributed by atoms with Crippen molar-refractivity contribution in [3.05, 3.63) is 18.2 Å². The molecule has 0 radical (unpaired) electrons. The van der Waals surface area contributed by atoms with Crippen LogP contribution in [-0.4, -0.2) is 18.1 Å². The van der Waals surface area contributed by atoms with Gasteiger partial charge in [-0.25, -0.2) is 0 Å². The van der Waals surface area contributed by atoms with Crippen LogP contribution in [0.15, 0.2) is 22.6 Å². The maximum absolute atomic E-state index is 5.83. The Kier molecular flexibility index (Phi) is 2.07. The fraction of sp³-hybridized carbons (Fsp3) is 0.500. The molecule has 2 unspecified atom stereocenters. The van der Waals surface area contributed by atoms with Crippen molar-refractivity contribution in [3.63, 3.8) is 0 Å². The highest BCUT2D eigenvalue weighted by Crippen LogP contribution is 2.39. The number of nitrogens with two attached hydrogens (primary N) is 1. The lowest BCUT2D eigenvalue weighted by atomic mass is 10.0. The number of nitrogen functional groups attached to an aromatic ring is 1. The molecule has 0 spiro atoms. The smallest absolute Gasteiger partial charge is 0.298 e. The molecule has 2 N–H and O–H groups in total. The molecule has 1 aliphatic heterocycles. The molecule has 4 heteroatoms. The molecule has 2 heterocycles. The molecule has 0 amide bonds. The molecule has 94 valence electrons. The fourth-order valence-corrected chi connectivity index (χ4v) is 3.46. The summed E-state index contributed by atoms with van der Waals surface area (Å²) in [6.45, 7) is 2.21. The number of anilines is 2. The third kappa shape index (κ3) is 1.48. The third-order valence-corrected chi connectivity index (χ3v) is 4.40. The quantitative estimate of drug-likeness (QED) is 0.782. The lowest BCUT2D eigenvalue weighted by molar-refractivity contribution is 0.494. The number of benzene rings is 1. The summed E-state index contributed by atoms with van der Waals surface area (Å²) in [5, 5.41) is 0. The number of nitrogens with zero attached hydrogens (tertiary/aromatic N) is 2. The Bertz CT molecular complexity index is 580. The molecule has 1 aliphatic carbocycles. The van der Waals surface area contributed by atoms with Crippen LogP contribution in [0.1, 0.15) is 19.3 Å². The van der Waals surface area contributed by atoms with Gasteiger partial charge in [-0.1, -0.05) is 6.42 Å². The fourth-order valence-electron chi connectivity index (χ4n) is 3.46. The van der Waals surface area contributed by atoms with E-state index < -0.39 is 0 Å². The largest absolute Gasteiger partial charge is 0.423 e. The summed E-state index contributed by atoms with van der Waals surface area (Å²) in [4.78, 5) is 6.86. The Labute approximate surface area is 106 Å². The molecule has 1 saturated carbocycles. The molecule has 1 saturated heterocycles. The van der Waals surface area contributed by atoms with Crippen LogP contribution in [0.4, 0.5) is 11.7 Å². The molecule has 1 aromatic heterocycles. The highest BCUT2D eigenvalue weighted by atomic mass is 16.4. The van der Waals surface area contributed by atoms with Gasteiger partial charge in [0, 0.05) is 18.8 Å². The molecule has 1 aromatic carbocycles. The van der Waals surface area contributed by atoms with Crippen LogP contribution in [0.3, 0.4) is 0 Å². The van der Waals surface area contributed by atoms with E-state index in [1.165, 1.54) is 19.3 Å². The summed E-state index contributed by atoms with van der Waals surface area (Å²) < 4.78 is 5.83. The number of rotatable bonds is 1. The first-order valence-corrected chi connectivity index (χ1v) is 6.70. The van der Waals surface area contributed by atoms with Crippen molar-refractivity contribution < 1.29 is 4.42 Å². The summed E-state index contributed by atoms with van der Waals surface area (Å²) in [5.41, 5.74) is 8.20. The first kappa shape index (κ1) is 10.2. The molecular formula is C14H17N3O. The van der Waals surface area contributed by atoms with Crippen LogP contribution in [-0.2, 0) is 0 Å². The van der Waals surface area contributed by atoms with Crippen LogP contribution >= 0.6 is 0 Å². The minimum atomic E-state index is 0.737. The van der Waals surface area contributed by atoms with E-state index in [0.29, 0.717) is 0 Å². The van der Waals surface area contributed by atoms with Gasteiger partial charge in [-0.2, -0.15) is 4.98 Å². The number of hydrogen-bond acceptors (Lipinski definition) is 4. The van der Waals surface area contributed by atoms with Gasteiger partial charge in [0.2, 0.25) is 0 Å². The second-order valence-electron chi connectivity index (χ2n) is 5.58. The lowest BCUT2D eigenvalue weighted by Crippen LogP contribution is -2.20. The molecule has 18 heavy (non-hydrogen) atoms. The zero-order valence-electron chi connectivity index (χ0n) is 10.3.